The van der Waals surface area contributed by atoms with Crippen LogP contribution in [0.1, 0.15) is 21.7 Å². The minimum atomic E-state index is 0. The standard InChI is InChI=1S/C18H22N6S.HI/c1-14-17(25-13-22-14)11-21-18(19-2)20-10-15-6-3-4-7-16(15)12-24-9-5-8-23-24;/h3-9,13H,10-12H2,1-2H3,(H2,19,20,21);1H. The van der Waals surface area contributed by atoms with E-state index in [-0.39, 0.29) is 24.0 Å². The van der Waals surface area contributed by atoms with Gasteiger partial charge in [0.05, 0.1) is 24.3 Å². The van der Waals surface area contributed by atoms with Gasteiger partial charge in [0.1, 0.15) is 0 Å². The van der Waals surface area contributed by atoms with Gasteiger partial charge in [-0.05, 0) is 24.1 Å². The second kappa shape index (κ2) is 10.3. The molecule has 3 rings (SSSR count). The molecular weight excluding hydrogens is 459 g/mol. The quantitative estimate of drug-likeness (QED) is 0.322. The summed E-state index contributed by atoms with van der Waals surface area (Å²) < 4.78 is 1.93. The van der Waals surface area contributed by atoms with Crippen molar-refractivity contribution >= 4 is 41.3 Å². The third-order valence-corrected chi connectivity index (χ3v) is 4.88. The Morgan fingerprint density at radius 3 is 2.58 bits per heavy atom. The Morgan fingerprint density at radius 2 is 1.92 bits per heavy atom. The predicted octanol–water partition coefficient (Wildman–Crippen LogP) is 3.18. The fraction of sp³-hybridized carbons (Fsp3) is 0.278. The number of aryl methyl sites for hydroxylation is 1. The number of hydrogen-bond donors (Lipinski definition) is 2. The van der Waals surface area contributed by atoms with E-state index >= 15 is 0 Å². The Hall–Kier alpha value is -1.94. The maximum absolute atomic E-state index is 4.30. The molecule has 0 aliphatic carbocycles. The fourth-order valence-corrected chi connectivity index (χ4v) is 3.23. The van der Waals surface area contributed by atoms with Crippen LogP contribution in [0.4, 0.5) is 0 Å². The molecule has 26 heavy (non-hydrogen) atoms. The molecule has 2 aromatic heterocycles. The molecule has 0 saturated heterocycles. The second-order valence-corrected chi connectivity index (χ2v) is 6.55. The molecule has 0 unspecified atom stereocenters. The Balaban J connectivity index is 0.00000243. The van der Waals surface area contributed by atoms with E-state index in [0.29, 0.717) is 6.54 Å². The van der Waals surface area contributed by atoms with Crippen molar-refractivity contribution in [3.63, 3.8) is 0 Å². The Bertz CT molecular complexity index is 828. The first-order valence-electron chi connectivity index (χ1n) is 8.14. The van der Waals surface area contributed by atoms with Crippen LogP contribution < -0.4 is 10.6 Å². The Labute approximate surface area is 174 Å². The highest BCUT2D eigenvalue weighted by Crippen LogP contribution is 2.12. The summed E-state index contributed by atoms with van der Waals surface area (Å²) in [5.74, 6) is 0.779. The van der Waals surface area contributed by atoms with E-state index in [9.17, 15) is 0 Å². The number of benzene rings is 1. The first kappa shape index (κ1) is 20.4. The van der Waals surface area contributed by atoms with Crippen molar-refractivity contribution in [3.05, 3.63) is 69.9 Å². The lowest BCUT2D eigenvalue weighted by Crippen LogP contribution is -2.36. The summed E-state index contributed by atoms with van der Waals surface area (Å²) in [5.41, 5.74) is 5.41. The molecule has 2 heterocycles. The van der Waals surface area contributed by atoms with Crippen LogP contribution in [0.2, 0.25) is 0 Å². The van der Waals surface area contributed by atoms with E-state index in [1.165, 1.54) is 16.0 Å². The molecule has 0 aliphatic rings. The second-order valence-electron chi connectivity index (χ2n) is 5.61. The van der Waals surface area contributed by atoms with E-state index in [4.69, 9.17) is 0 Å². The Kier molecular flexibility index (Phi) is 8.05. The normalized spacial score (nSPS) is 11.1. The summed E-state index contributed by atoms with van der Waals surface area (Å²) in [4.78, 5) is 9.79. The zero-order valence-electron chi connectivity index (χ0n) is 14.8. The molecule has 0 bridgehead atoms. The molecule has 0 radical (unpaired) electrons. The minimum absolute atomic E-state index is 0. The number of thiazole rings is 1. The number of guanidine groups is 1. The predicted molar refractivity (Wildman–Crippen MR) is 117 cm³/mol. The van der Waals surface area contributed by atoms with Crippen LogP contribution in [0.15, 0.2) is 53.2 Å². The van der Waals surface area contributed by atoms with Gasteiger partial charge in [-0.2, -0.15) is 5.10 Å². The van der Waals surface area contributed by atoms with E-state index in [2.05, 4.69) is 50.0 Å². The SMILES string of the molecule is CN=C(NCc1ccccc1Cn1cccn1)NCc1scnc1C.I. The van der Waals surface area contributed by atoms with Crippen molar-refractivity contribution < 1.29 is 0 Å². The average Bonchev–Trinajstić information content (AvgIpc) is 3.28. The maximum Gasteiger partial charge on any atom is 0.191 e. The first-order chi connectivity index (χ1) is 12.3. The summed E-state index contributed by atoms with van der Waals surface area (Å²) >= 11 is 1.65. The van der Waals surface area contributed by atoms with Gasteiger partial charge in [-0.1, -0.05) is 24.3 Å². The maximum atomic E-state index is 4.30. The smallest absolute Gasteiger partial charge is 0.191 e. The van der Waals surface area contributed by atoms with E-state index in [0.717, 1.165) is 24.7 Å². The van der Waals surface area contributed by atoms with E-state index < -0.39 is 0 Å². The molecule has 8 heteroatoms. The number of aromatic nitrogens is 3. The molecule has 138 valence electrons. The van der Waals surface area contributed by atoms with Crippen molar-refractivity contribution in [2.75, 3.05) is 7.05 Å². The zero-order chi connectivity index (χ0) is 17.5. The van der Waals surface area contributed by atoms with E-state index in [1.807, 2.05) is 29.4 Å². The van der Waals surface area contributed by atoms with Crippen LogP contribution in [0.5, 0.6) is 0 Å². The van der Waals surface area contributed by atoms with Crippen molar-refractivity contribution in [1.29, 1.82) is 0 Å². The van der Waals surface area contributed by atoms with Crippen LogP contribution in [-0.2, 0) is 19.6 Å². The van der Waals surface area contributed by atoms with Gasteiger partial charge in [0.25, 0.3) is 0 Å². The average molecular weight is 482 g/mol. The van der Waals surface area contributed by atoms with Crippen molar-refractivity contribution in [3.8, 4) is 0 Å². The van der Waals surface area contributed by atoms with Gasteiger partial charge in [0, 0.05) is 30.9 Å². The number of halogens is 1. The van der Waals surface area contributed by atoms with Crippen LogP contribution in [0.3, 0.4) is 0 Å². The summed E-state index contributed by atoms with van der Waals surface area (Å²) in [6.07, 6.45) is 3.77. The monoisotopic (exact) mass is 482 g/mol. The highest BCUT2D eigenvalue weighted by Gasteiger charge is 2.06. The van der Waals surface area contributed by atoms with Gasteiger partial charge in [-0.25, -0.2) is 4.98 Å². The van der Waals surface area contributed by atoms with E-state index in [1.54, 1.807) is 24.6 Å². The summed E-state index contributed by atoms with van der Waals surface area (Å²) in [7, 11) is 1.78. The van der Waals surface area contributed by atoms with Crippen molar-refractivity contribution in [1.82, 2.24) is 25.4 Å². The largest absolute Gasteiger partial charge is 0.352 e. The topological polar surface area (TPSA) is 67.1 Å². The van der Waals surface area contributed by atoms with Gasteiger partial charge in [0.2, 0.25) is 0 Å². The Morgan fingerprint density at radius 1 is 1.15 bits per heavy atom. The number of rotatable bonds is 6. The minimum Gasteiger partial charge on any atom is -0.352 e. The number of nitrogens with zero attached hydrogens (tertiary/aromatic N) is 4. The van der Waals surface area contributed by atoms with Gasteiger partial charge in [-0.15, -0.1) is 35.3 Å². The molecule has 1 aromatic carbocycles. The molecule has 0 fully saturated rings. The number of nitrogens with one attached hydrogen (secondary N) is 2. The molecule has 0 amide bonds. The fourth-order valence-electron chi connectivity index (χ4n) is 2.51. The lowest BCUT2D eigenvalue weighted by atomic mass is 10.1. The van der Waals surface area contributed by atoms with Crippen LogP contribution in [0, 0.1) is 6.92 Å². The number of hydrogen-bond acceptors (Lipinski definition) is 4. The molecule has 2 N–H and O–H groups in total. The zero-order valence-corrected chi connectivity index (χ0v) is 18.0. The van der Waals surface area contributed by atoms with Gasteiger partial charge in [-0.3, -0.25) is 9.67 Å². The summed E-state index contributed by atoms with van der Waals surface area (Å²) in [6, 6.07) is 10.3. The van der Waals surface area contributed by atoms with Crippen LogP contribution in [-0.4, -0.2) is 27.8 Å². The highest BCUT2D eigenvalue weighted by molar-refractivity contribution is 14.0. The van der Waals surface area contributed by atoms with Crippen LogP contribution in [0.25, 0.3) is 0 Å². The van der Waals surface area contributed by atoms with Crippen LogP contribution >= 0.6 is 35.3 Å². The van der Waals surface area contributed by atoms with Gasteiger partial charge >= 0.3 is 0 Å². The van der Waals surface area contributed by atoms with Gasteiger partial charge < -0.3 is 10.6 Å². The molecule has 0 spiro atoms. The third kappa shape index (κ3) is 5.53. The molecule has 0 saturated carbocycles. The first-order valence-corrected chi connectivity index (χ1v) is 9.02. The number of aliphatic imine (C=N–C) groups is 1. The van der Waals surface area contributed by atoms with Gasteiger partial charge in [0.15, 0.2) is 5.96 Å². The highest BCUT2D eigenvalue weighted by atomic mass is 127. The van der Waals surface area contributed by atoms with Crippen molar-refractivity contribution in [2.45, 2.75) is 26.6 Å². The third-order valence-electron chi connectivity index (χ3n) is 3.94. The molecule has 0 aliphatic heterocycles. The summed E-state index contributed by atoms with van der Waals surface area (Å²) in [5, 5.41) is 11.0. The lowest BCUT2D eigenvalue weighted by molar-refractivity contribution is 0.677. The molecule has 3 aromatic rings. The summed E-state index contributed by atoms with van der Waals surface area (Å²) in [6.45, 7) is 4.22. The molecule has 6 nitrogen and oxygen atoms in total. The lowest BCUT2D eigenvalue weighted by Gasteiger charge is -2.14. The van der Waals surface area contributed by atoms with Crippen molar-refractivity contribution in [2.24, 2.45) is 4.99 Å². The molecular formula is C18H23IN6S. The molecule has 0 atom stereocenters.